The van der Waals surface area contributed by atoms with Crippen LogP contribution in [-0.4, -0.2) is 27.3 Å². The molecular weight excluding hydrogens is 242 g/mol. The van der Waals surface area contributed by atoms with Gasteiger partial charge >= 0.3 is 0 Å². The summed E-state index contributed by atoms with van der Waals surface area (Å²) in [5, 5.41) is 11.8. The van der Waals surface area contributed by atoms with Gasteiger partial charge in [0.1, 0.15) is 0 Å². The van der Waals surface area contributed by atoms with Crippen LogP contribution < -0.4 is 11.3 Å². The number of nitrogens with one attached hydrogen (secondary N) is 1. The van der Waals surface area contributed by atoms with Crippen molar-refractivity contribution in [1.29, 1.82) is 0 Å². The third-order valence-corrected chi connectivity index (χ3v) is 2.94. The minimum Gasteiger partial charge on any atom is -0.335 e. The van der Waals surface area contributed by atoms with E-state index in [0.717, 1.165) is 11.3 Å². The Balaban J connectivity index is 1.72. The molecule has 19 heavy (non-hydrogen) atoms. The minimum absolute atomic E-state index is 0.0685. The van der Waals surface area contributed by atoms with E-state index in [1.165, 1.54) is 4.68 Å². The van der Waals surface area contributed by atoms with E-state index in [1.54, 1.807) is 13.1 Å². The SMILES string of the molecule is Cc1nnc(N/N=C\[C@@H]2C=Nc3ccccc32)n1N. The van der Waals surface area contributed by atoms with Crippen LogP contribution in [0.3, 0.4) is 0 Å². The first-order valence-corrected chi connectivity index (χ1v) is 5.85. The lowest BCUT2D eigenvalue weighted by atomic mass is 10.0. The van der Waals surface area contributed by atoms with E-state index < -0.39 is 0 Å². The summed E-state index contributed by atoms with van der Waals surface area (Å²) >= 11 is 0. The minimum atomic E-state index is 0.0685. The maximum Gasteiger partial charge on any atom is 0.263 e. The number of nitrogens with two attached hydrogens (primary N) is 1. The molecule has 96 valence electrons. The lowest BCUT2D eigenvalue weighted by Crippen LogP contribution is -2.13. The highest BCUT2D eigenvalue weighted by Crippen LogP contribution is 2.30. The Bertz CT molecular complexity index is 656. The van der Waals surface area contributed by atoms with Gasteiger partial charge in [-0.25, -0.2) is 10.1 Å². The van der Waals surface area contributed by atoms with Gasteiger partial charge in [0, 0.05) is 12.4 Å². The van der Waals surface area contributed by atoms with Crippen LogP contribution in [0.25, 0.3) is 0 Å². The summed E-state index contributed by atoms with van der Waals surface area (Å²) in [5.41, 5.74) is 4.88. The van der Waals surface area contributed by atoms with Crippen LogP contribution in [0.4, 0.5) is 11.6 Å². The van der Waals surface area contributed by atoms with Crippen LogP contribution in [0.15, 0.2) is 34.4 Å². The van der Waals surface area contributed by atoms with Crippen molar-refractivity contribution in [1.82, 2.24) is 14.9 Å². The predicted octanol–water partition coefficient (Wildman–Crippen LogP) is 1.20. The first kappa shape index (κ1) is 11.4. The highest BCUT2D eigenvalue weighted by Gasteiger charge is 2.15. The van der Waals surface area contributed by atoms with Gasteiger partial charge in [0.05, 0.1) is 11.6 Å². The van der Waals surface area contributed by atoms with Gasteiger partial charge in [0.15, 0.2) is 5.82 Å². The molecular formula is C12H13N7. The number of hydrazone groups is 1. The molecule has 0 fully saturated rings. The summed E-state index contributed by atoms with van der Waals surface area (Å²) in [4.78, 5) is 4.33. The van der Waals surface area contributed by atoms with Crippen LogP contribution in [-0.2, 0) is 0 Å². The summed E-state index contributed by atoms with van der Waals surface area (Å²) in [6.07, 6.45) is 3.62. The zero-order chi connectivity index (χ0) is 13.2. The van der Waals surface area contributed by atoms with Crippen molar-refractivity contribution >= 4 is 24.1 Å². The Labute approximate surface area is 109 Å². The van der Waals surface area contributed by atoms with Crippen LogP contribution in [0.2, 0.25) is 0 Å². The number of aliphatic imine (C=N–C) groups is 1. The van der Waals surface area contributed by atoms with Crippen LogP contribution in [0, 0.1) is 6.92 Å². The van der Waals surface area contributed by atoms with Gasteiger partial charge in [-0.15, -0.1) is 10.2 Å². The molecule has 3 rings (SSSR count). The quantitative estimate of drug-likeness (QED) is 0.489. The fourth-order valence-electron chi connectivity index (χ4n) is 1.87. The molecule has 3 N–H and O–H groups in total. The second-order valence-corrected chi connectivity index (χ2v) is 4.19. The number of aromatic nitrogens is 3. The second-order valence-electron chi connectivity index (χ2n) is 4.19. The Hall–Kier alpha value is -2.70. The predicted molar refractivity (Wildman–Crippen MR) is 74.4 cm³/mol. The van der Waals surface area contributed by atoms with E-state index in [9.17, 15) is 0 Å². The molecule has 0 saturated heterocycles. The Morgan fingerprint density at radius 2 is 2.21 bits per heavy atom. The number of aryl methyl sites for hydroxylation is 1. The summed E-state index contributed by atoms with van der Waals surface area (Å²) in [6.45, 7) is 1.77. The number of nitrogens with zero attached hydrogens (tertiary/aromatic N) is 5. The Morgan fingerprint density at radius 3 is 3.00 bits per heavy atom. The third-order valence-electron chi connectivity index (χ3n) is 2.94. The van der Waals surface area contributed by atoms with Gasteiger partial charge in [0.25, 0.3) is 5.95 Å². The zero-order valence-corrected chi connectivity index (χ0v) is 10.4. The topological polar surface area (TPSA) is 93.5 Å². The first-order valence-electron chi connectivity index (χ1n) is 5.85. The van der Waals surface area contributed by atoms with E-state index >= 15 is 0 Å². The average Bonchev–Trinajstić information content (AvgIpc) is 2.97. The molecule has 0 radical (unpaired) electrons. The molecule has 0 spiro atoms. The van der Waals surface area contributed by atoms with E-state index in [2.05, 4.69) is 25.7 Å². The molecule has 0 amide bonds. The van der Waals surface area contributed by atoms with Crippen molar-refractivity contribution in [3.63, 3.8) is 0 Å². The molecule has 7 nitrogen and oxygen atoms in total. The summed E-state index contributed by atoms with van der Waals surface area (Å²) < 4.78 is 1.34. The largest absolute Gasteiger partial charge is 0.335 e. The number of benzene rings is 1. The summed E-state index contributed by atoms with van der Waals surface area (Å²) in [5.74, 6) is 6.79. The number of anilines is 1. The van der Waals surface area contributed by atoms with E-state index in [0.29, 0.717) is 11.8 Å². The van der Waals surface area contributed by atoms with Crippen LogP contribution in [0.1, 0.15) is 17.3 Å². The molecule has 2 heterocycles. The normalized spacial score (nSPS) is 17.0. The number of fused-ring (bicyclic) bond motifs is 1. The van der Waals surface area contributed by atoms with E-state index in [1.807, 2.05) is 30.5 Å². The molecule has 1 atom stereocenters. The molecule has 1 aliphatic rings. The van der Waals surface area contributed by atoms with Crippen molar-refractivity contribution < 1.29 is 0 Å². The molecule has 1 aromatic carbocycles. The van der Waals surface area contributed by atoms with Gasteiger partial charge in [0.2, 0.25) is 0 Å². The Morgan fingerprint density at radius 1 is 1.37 bits per heavy atom. The number of rotatable bonds is 3. The van der Waals surface area contributed by atoms with Gasteiger partial charge in [-0.1, -0.05) is 18.2 Å². The maximum absolute atomic E-state index is 5.70. The molecule has 0 bridgehead atoms. The van der Waals surface area contributed by atoms with Gasteiger partial charge in [-0.2, -0.15) is 5.10 Å². The maximum atomic E-state index is 5.70. The zero-order valence-electron chi connectivity index (χ0n) is 10.4. The number of hydrogen-bond acceptors (Lipinski definition) is 6. The van der Waals surface area contributed by atoms with Crippen molar-refractivity contribution in [2.24, 2.45) is 10.1 Å². The van der Waals surface area contributed by atoms with Crippen LogP contribution >= 0.6 is 0 Å². The molecule has 0 saturated carbocycles. The number of para-hydroxylation sites is 1. The second kappa shape index (κ2) is 4.52. The van der Waals surface area contributed by atoms with Gasteiger partial charge in [-0.3, -0.25) is 4.99 Å². The molecule has 0 unspecified atom stereocenters. The van der Waals surface area contributed by atoms with Gasteiger partial charge < -0.3 is 5.84 Å². The standard InChI is InChI=1S/C12H13N7/c1-8-16-18-12(19(8)13)17-15-7-9-6-14-11-5-3-2-4-10(9)11/h2-7,9H,13H2,1H3,(H,17,18)/b15-7-/t9-/m0/s1. The van der Waals surface area contributed by atoms with Crippen molar-refractivity contribution in [2.45, 2.75) is 12.8 Å². The van der Waals surface area contributed by atoms with E-state index in [-0.39, 0.29) is 5.92 Å². The molecule has 7 heteroatoms. The average molecular weight is 255 g/mol. The fourth-order valence-corrected chi connectivity index (χ4v) is 1.87. The molecule has 1 aliphatic heterocycles. The molecule has 1 aromatic heterocycles. The molecule has 0 aliphatic carbocycles. The van der Waals surface area contributed by atoms with Crippen LogP contribution in [0.5, 0.6) is 0 Å². The van der Waals surface area contributed by atoms with Crippen molar-refractivity contribution in [3.05, 3.63) is 35.7 Å². The lowest BCUT2D eigenvalue weighted by Gasteiger charge is -2.03. The monoisotopic (exact) mass is 255 g/mol. The smallest absolute Gasteiger partial charge is 0.263 e. The lowest BCUT2D eigenvalue weighted by molar-refractivity contribution is 0.925. The number of hydrogen-bond donors (Lipinski definition) is 2. The fraction of sp³-hybridized carbons (Fsp3) is 0.167. The third kappa shape index (κ3) is 2.05. The van der Waals surface area contributed by atoms with Gasteiger partial charge in [-0.05, 0) is 18.6 Å². The van der Waals surface area contributed by atoms with Crippen molar-refractivity contribution in [3.8, 4) is 0 Å². The molecule has 2 aromatic rings. The summed E-state index contributed by atoms with van der Waals surface area (Å²) in [6, 6.07) is 7.97. The van der Waals surface area contributed by atoms with E-state index in [4.69, 9.17) is 5.84 Å². The summed E-state index contributed by atoms with van der Waals surface area (Å²) in [7, 11) is 0. The van der Waals surface area contributed by atoms with Crippen molar-refractivity contribution in [2.75, 3.05) is 11.3 Å². The Kier molecular flexibility index (Phi) is 2.71. The highest BCUT2D eigenvalue weighted by atomic mass is 15.5. The number of nitrogen functional groups attached to an aromatic ring is 1. The first-order chi connectivity index (χ1) is 9.25. The highest BCUT2D eigenvalue weighted by molar-refractivity contribution is 5.96.